The summed E-state index contributed by atoms with van der Waals surface area (Å²) in [5, 5.41) is 23.4. The molecule has 0 aromatic carbocycles. The maximum Gasteiger partial charge on any atom is 0.305 e. The highest BCUT2D eigenvalue weighted by Gasteiger charge is 2.20. The Labute approximate surface area is 508 Å². The summed E-state index contributed by atoms with van der Waals surface area (Å²) in [6.07, 6.45) is 88.5. The van der Waals surface area contributed by atoms with Gasteiger partial charge in [-0.1, -0.05) is 379 Å². The van der Waals surface area contributed by atoms with Gasteiger partial charge in [-0.15, -0.1) is 0 Å². The quantitative estimate of drug-likeness (QED) is 0.0320. The minimum Gasteiger partial charge on any atom is -0.466 e. The largest absolute Gasteiger partial charge is 0.466 e. The van der Waals surface area contributed by atoms with Crippen LogP contribution in [0.15, 0.2) is 12.2 Å². The Morgan fingerprint density at radius 2 is 0.580 bits per heavy atom. The van der Waals surface area contributed by atoms with Crippen molar-refractivity contribution in [3.8, 4) is 0 Å². The van der Waals surface area contributed by atoms with Gasteiger partial charge < -0.3 is 20.3 Å². The van der Waals surface area contributed by atoms with Crippen molar-refractivity contribution in [2.75, 3.05) is 13.2 Å². The molecule has 0 radical (unpaired) electrons. The molecular weight excluding hydrogens is 995 g/mol. The third-order valence-electron chi connectivity index (χ3n) is 17.8. The molecule has 0 bridgehead atoms. The van der Waals surface area contributed by atoms with E-state index in [-0.39, 0.29) is 18.5 Å². The summed E-state index contributed by atoms with van der Waals surface area (Å²) in [7, 11) is 0. The molecule has 0 aromatic heterocycles. The molecule has 6 nitrogen and oxygen atoms in total. The summed E-state index contributed by atoms with van der Waals surface area (Å²) >= 11 is 0. The van der Waals surface area contributed by atoms with Gasteiger partial charge in [-0.2, -0.15) is 0 Å². The molecule has 482 valence electrons. The molecule has 0 aliphatic rings. The molecule has 0 rings (SSSR count). The summed E-state index contributed by atoms with van der Waals surface area (Å²) in [5.41, 5.74) is 0. The number of amides is 1. The normalized spacial score (nSPS) is 12.5. The van der Waals surface area contributed by atoms with Crippen LogP contribution in [0.5, 0.6) is 0 Å². The van der Waals surface area contributed by atoms with Crippen LogP contribution in [-0.2, 0) is 14.3 Å². The number of aliphatic hydroxyl groups is 2. The van der Waals surface area contributed by atoms with Gasteiger partial charge in [0.2, 0.25) is 5.91 Å². The average molecular weight is 1140 g/mol. The highest BCUT2D eigenvalue weighted by molar-refractivity contribution is 5.76. The summed E-state index contributed by atoms with van der Waals surface area (Å²) in [5.74, 6) is -0.00616. The van der Waals surface area contributed by atoms with Crippen molar-refractivity contribution in [3.63, 3.8) is 0 Å². The number of nitrogens with one attached hydrogen (secondary N) is 1. The topological polar surface area (TPSA) is 95.9 Å². The molecule has 0 heterocycles. The first-order valence-corrected chi connectivity index (χ1v) is 37.4. The number of ether oxygens (including phenoxy) is 1. The van der Waals surface area contributed by atoms with E-state index in [2.05, 4.69) is 31.3 Å². The third-order valence-corrected chi connectivity index (χ3v) is 17.8. The Balaban J connectivity index is 3.34. The zero-order valence-electron chi connectivity index (χ0n) is 55.3. The van der Waals surface area contributed by atoms with Gasteiger partial charge in [0, 0.05) is 12.8 Å². The van der Waals surface area contributed by atoms with E-state index in [1.54, 1.807) is 0 Å². The Kier molecular flexibility index (Phi) is 69.9. The summed E-state index contributed by atoms with van der Waals surface area (Å²) in [6.45, 7) is 5.00. The Morgan fingerprint density at radius 1 is 0.333 bits per heavy atom. The number of hydrogen-bond donors (Lipinski definition) is 3. The van der Waals surface area contributed by atoms with Gasteiger partial charge in [0.15, 0.2) is 0 Å². The van der Waals surface area contributed by atoms with Crippen molar-refractivity contribution in [1.82, 2.24) is 5.32 Å². The number of carbonyl (C=O) groups excluding carboxylic acids is 2. The van der Waals surface area contributed by atoms with Gasteiger partial charge in [0.1, 0.15) is 0 Å². The standard InChI is InChI=1S/C75H147NO5/c1-3-5-7-9-11-13-15-17-19-20-37-40-43-47-51-55-59-63-67-73(78)72(71-77)76-74(79)68-64-60-56-52-48-44-41-38-35-33-31-29-27-25-23-21-22-24-26-28-30-32-34-36-39-42-46-50-54-58-62-66-70-81-75(80)69-65-61-57-53-49-45-18-16-14-12-10-8-6-4-2/h24,26,72-73,77-78H,3-23,25,27-71H2,1-2H3,(H,76,79)/b26-24-. The summed E-state index contributed by atoms with van der Waals surface area (Å²) < 4.78 is 5.50. The van der Waals surface area contributed by atoms with Gasteiger partial charge in [-0.25, -0.2) is 0 Å². The van der Waals surface area contributed by atoms with Crippen LogP contribution < -0.4 is 5.32 Å². The third kappa shape index (κ3) is 67.6. The SMILES string of the molecule is CCCCCCCCCCCCCCCCCCCCC(O)C(CO)NC(=O)CCCCCCCCCCCCCCCCCC/C=C\CCCCCCCCCCCCCCOC(=O)CCCCCCCCCCCCCCCC. The lowest BCUT2D eigenvalue weighted by Crippen LogP contribution is -2.45. The lowest BCUT2D eigenvalue weighted by atomic mass is 10.0. The Bertz CT molecular complexity index is 1220. The minimum atomic E-state index is -0.662. The van der Waals surface area contributed by atoms with Crippen LogP contribution in [0, 0.1) is 0 Å². The van der Waals surface area contributed by atoms with Crippen LogP contribution >= 0.6 is 0 Å². The fourth-order valence-corrected chi connectivity index (χ4v) is 12.1. The number of hydrogen-bond acceptors (Lipinski definition) is 5. The second kappa shape index (κ2) is 71.1. The summed E-state index contributed by atoms with van der Waals surface area (Å²) in [4.78, 5) is 24.6. The first-order chi connectivity index (χ1) is 40.0. The van der Waals surface area contributed by atoms with Crippen molar-refractivity contribution in [3.05, 3.63) is 12.2 Å². The fourth-order valence-electron chi connectivity index (χ4n) is 12.1. The minimum absolute atomic E-state index is 0.0215. The fraction of sp³-hybridized carbons (Fsp3) is 0.947. The monoisotopic (exact) mass is 1140 g/mol. The van der Waals surface area contributed by atoms with E-state index < -0.39 is 12.1 Å². The first kappa shape index (κ1) is 79.6. The van der Waals surface area contributed by atoms with Gasteiger partial charge in [0.25, 0.3) is 0 Å². The van der Waals surface area contributed by atoms with E-state index in [4.69, 9.17) is 4.74 Å². The summed E-state index contributed by atoms with van der Waals surface area (Å²) in [6, 6.07) is -0.539. The Morgan fingerprint density at radius 3 is 0.877 bits per heavy atom. The highest BCUT2D eigenvalue weighted by atomic mass is 16.5. The van der Waals surface area contributed by atoms with E-state index in [1.807, 2.05) is 0 Å². The molecule has 0 saturated heterocycles. The van der Waals surface area contributed by atoms with Crippen LogP contribution in [0.3, 0.4) is 0 Å². The lowest BCUT2D eigenvalue weighted by molar-refractivity contribution is -0.143. The molecule has 0 aromatic rings. The molecule has 0 fully saturated rings. The number of allylic oxidation sites excluding steroid dienone is 2. The van der Waals surface area contributed by atoms with E-state index in [1.165, 1.54) is 360 Å². The molecule has 6 heteroatoms. The average Bonchev–Trinajstić information content (AvgIpc) is 3.47. The van der Waals surface area contributed by atoms with Crippen LogP contribution in [0.4, 0.5) is 0 Å². The molecule has 0 spiro atoms. The van der Waals surface area contributed by atoms with E-state index >= 15 is 0 Å². The second-order valence-electron chi connectivity index (χ2n) is 26.0. The lowest BCUT2D eigenvalue weighted by Gasteiger charge is -2.22. The Hall–Kier alpha value is -1.40. The maximum absolute atomic E-state index is 12.5. The highest BCUT2D eigenvalue weighted by Crippen LogP contribution is 2.20. The number of unbranched alkanes of at least 4 members (excludes halogenated alkanes) is 58. The molecule has 3 N–H and O–H groups in total. The van der Waals surface area contributed by atoms with Crippen molar-refractivity contribution in [1.29, 1.82) is 0 Å². The van der Waals surface area contributed by atoms with E-state index in [9.17, 15) is 19.8 Å². The van der Waals surface area contributed by atoms with Gasteiger partial charge >= 0.3 is 5.97 Å². The number of carbonyl (C=O) groups is 2. The van der Waals surface area contributed by atoms with Crippen molar-refractivity contribution >= 4 is 11.9 Å². The van der Waals surface area contributed by atoms with Crippen LogP contribution in [0.25, 0.3) is 0 Å². The molecule has 2 atom stereocenters. The maximum atomic E-state index is 12.5. The molecule has 81 heavy (non-hydrogen) atoms. The molecule has 0 saturated carbocycles. The zero-order valence-corrected chi connectivity index (χ0v) is 55.3. The van der Waals surface area contributed by atoms with Crippen molar-refractivity contribution in [2.24, 2.45) is 0 Å². The molecule has 1 amide bonds. The van der Waals surface area contributed by atoms with Gasteiger partial charge in [-0.05, 0) is 51.4 Å². The molecule has 0 aliphatic carbocycles. The van der Waals surface area contributed by atoms with Crippen LogP contribution in [0.1, 0.15) is 431 Å². The van der Waals surface area contributed by atoms with Gasteiger partial charge in [0.05, 0.1) is 25.4 Å². The van der Waals surface area contributed by atoms with E-state index in [0.29, 0.717) is 25.9 Å². The van der Waals surface area contributed by atoms with Gasteiger partial charge in [-0.3, -0.25) is 9.59 Å². The molecule has 2 unspecified atom stereocenters. The smallest absolute Gasteiger partial charge is 0.305 e. The number of aliphatic hydroxyl groups excluding tert-OH is 2. The predicted molar refractivity (Wildman–Crippen MR) is 357 cm³/mol. The van der Waals surface area contributed by atoms with Crippen LogP contribution in [0.2, 0.25) is 0 Å². The second-order valence-corrected chi connectivity index (χ2v) is 26.0. The first-order valence-electron chi connectivity index (χ1n) is 37.4. The molecular formula is C75H147NO5. The zero-order chi connectivity index (χ0) is 58.5. The molecule has 0 aliphatic heterocycles. The number of rotatable bonds is 71. The van der Waals surface area contributed by atoms with Crippen LogP contribution in [-0.4, -0.2) is 47.4 Å². The van der Waals surface area contributed by atoms with Crippen molar-refractivity contribution in [2.45, 2.75) is 443 Å². The van der Waals surface area contributed by atoms with Crippen molar-refractivity contribution < 1.29 is 24.5 Å². The number of esters is 1. The van der Waals surface area contributed by atoms with E-state index in [0.717, 1.165) is 38.5 Å². The predicted octanol–water partition coefficient (Wildman–Crippen LogP) is 24.3.